The number of nitrogens with one attached hydrogen (secondary N) is 1. The summed E-state index contributed by atoms with van der Waals surface area (Å²) in [6.45, 7) is 4.85. The van der Waals surface area contributed by atoms with Gasteiger partial charge in [-0.05, 0) is 26.0 Å². The van der Waals surface area contributed by atoms with Gasteiger partial charge >= 0.3 is 5.69 Å². The topological polar surface area (TPSA) is 116 Å². The molecule has 27 heavy (non-hydrogen) atoms. The smallest absolute Gasteiger partial charge is 0.301 e. The van der Waals surface area contributed by atoms with Crippen LogP contribution < -0.4 is 5.43 Å². The zero-order valence-corrected chi connectivity index (χ0v) is 14.7. The normalized spacial score (nSPS) is 11.2. The number of non-ortho nitro benzene ring substituents is 1. The van der Waals surface area contributed by atoms with Gasteiger partial charge in [0.1, 0.15) is 5.69 Å². The van der Waals surface area contributed by atoms with Crippen molar-refractivity contribution in [2.75, 3.05) is 5.43 Å². The van der Waals surface area contributed by atoms with Crippen LogP contribution in [0.1, 0.15) is 18.2 Å². The number of para-hydroxylation sites is 1. The van der Waals surface area contributed by atoms with Crippen LogP contribution in [0.5, 0.6) is 0 Å². The van der Waals surface area contributed by atoms with Crippen molar-refractivity contribution < 1.29 is 9.85 Å². The first-order valence-corrected chi connectivity index (χ1v) is 8.23. The van der Waals surface area contributed by atoms with Crippen LogP contribution >= 0.6 is 0 Å². The van der Waals surface area contributed by atoms with Crippen LogP contribution in [0.25, 0.3) is 10.9 Å². The molecule has 3 aromatic rings. The number of hydrogen-bond acceptors (Lipinski definition) is 6. The van der Waals surface area contributed by atoms with Crippen LogP contribution in [0.2, 0.25) is 0 Å². The van der Waals surface area contributed by atoms with Gasteiger partial charge in [-0.25, -0.2) is 0 Å². The maximum absolute atomic E-state index is 11.2. The molecule has 1 aromatic heterocycles. The number of hydrazone groups is 1. The number of benzene rings is 2. The molecule has 1 heterocycles. The summed E-state index contributed by atoms with van der Waals surface area (Å²) in [5.41, 5.74) is 4.97. The van der Waals surface area contributed by atoms with Crippen LogP contribution in [-0.2, 0) is 6.54 Å². The Kier molecular flexibility index (Phi) is 4.84. The molecule has 9 heteroatoms. The highest BCUT2D eigenvalue weighted by Crippen LogP contribution is 2.29. The third-order valence-corrected chi connectivity index (χ3v) is 4.36. The summed E-state index contributed by atoms with van der Waals surface area (Å²) in [4.78, 5) is 20.6. The minimum absolute atomic E-state index is 0.0822. The van der Waals surface area contributed by atoms with Gasteiger partial charge in [0.05, 0.1) is 22.1 Å². The number of nitro groups is 2. The van der Waals surface area contributed by atoms with Gasteiger partial charge in [0, 0.05) is 34.8 Å². The number of nitro benzene ring substituents is 2. The van der Waals surface area contributed by atoms with Crippen LogP contribution in [-0.4, -0.2) is 20.6 Å². The summed E-state index contributed by atoms with van der Waals surface area (Å²) in [5.74, 6) is 0. The van der Waals surface area contributed by atoms with Gasteiger partial charge in [-0.1, -0.05) is 18.2 Å². The Balaban J connectivity index is 1.95. The Morgan fingerprint density at radius 1 is 1.15 bits per heavy atom. The summed E-state index contributed by atoms with van der Waals surface area (Å²) < 4.78 is 2.16. The summed E-state index contributed by atoms with van der Waals surface area (Å²) in [6.07, 6.45) is 1.61. The molecule has 0 saturated carbocycles. The summed E-state index contributed by atoms with van der Waals surface area (Å²) in [5, 5.41) is 27.2. The Hall–Kier alpha value is -3.75. The van der Waals surface area contributed by atoms with Crippen molar-refractivity contribution in [1.29, 1.82) is 0 Å². The molecule has 0 spiro atoms. The van der Waals surface area contributed by atoms with E-state index in [0.29, 0.717) is 0 Å². The highest BCUT2D eigenvalue weighted by atomic mass is 16.6. The molecular formula is C18H17N5O4. The highest BCUT2D eigenvalue weighted by molar-refractivity contribution is 6.01. The molecule has 3 rings (SSSR count). The lowest BCUT2D eigenvalue weighted by Gasteiger charge is -2.03. The third kappa shape index (κ3) is 3.34. The van der Waals surface area contributed by atoms with E-state index >= 15 is 0 Å². The van der Waals surface area contributed by atoms with Crippen molar-refractivity contribution in [2.24, 2.45) is 5.10 Å². The summed E-state index contributed by atoms with van der Waals surface area (Å²) >= 11 is 0. The lowest BCUT2D eigenvalue weighted by molar-refractivity contribution is -0.393. The molecule has 0 fully saturated rings. The minimum Gasteiger partial charge on any atom is -0.344 e. The molecule has 0 aliphatic heterocycles. The predicted octanol–water partition coefficient (Wildman–Crippen LogP) is 4.23. The van der Waals surface area contributed by atoms with Crippen LogP contribution in [0.3, 0.4) is 0 Å². The second kappa shape index (κ2) is 7.24. The Morgan fingerprint density at radius 3 is 2.56 bits per heavy atom. The largest absolute Gasteiger partial charge is 0.344 e. The first-order chi connectivity index (χ1) is 12.9. The van der Waals surface area contributed by atoms with Crippen molar-refractivity contribution in [3.8, 4) is 0 Å². The van der Waals surface area contributed by atoms with E-state index in [0.717, 1.165) is 34.8 Å². The number of anilines is 1. The van der Waals surface area contributed by atoms with Gasteiger partial charge in [0.15, 0.2) is 0 Å². The zero-order chi connectivity index (χ0) is 19.6. The zero-order valence-electron chi connectivity index (χ0n) is 14.7. The maximum atomic E-state index is 11.2. The molecule has 0 bridgehead atoms. The molecule has 2 aromatic carbocycles. The molecule has 0 atom stereocenters. The lowest BCUT2D eigenvalue weighted by Crippen LogP contribution is -2.00. The summed E-state index contributed by atoms with van der Waals surface area (Å²) in [6, 6.07) is 11.3. The van der Waals surface area contributed by atoms with Gasteiger partial charge in [-0.15, -0.1) is 0 Å². The van der Waals surface area contributed by atoms with E-state index in [1.807, 2.05) is 31.2 Å². The molecule has 0 aliphatic rings. The first kappa shape index (κ1) is 18.1. The van der Waals surface area contributed by atoms with Gasteiger partial charge in [-0.3, -0.25) is 25.7 Å². The van der Waals surface area contributed by atoms with Crippen LogP contribution in [0, 0.1) is 27.2 Å². The summed E-state index contributed by atoms with van der Waals surface area (Å²) in [7, 11) is 0. The number of fused-ring (bicyclic) bond motifs is 1. The Labute approximate surface area is 154 Å². The van der Waals surface area contributed by atoms with Gasteiger partial charge in [0.25, 0.3) is 5.69 Å². The maximum Gasteiger partial charge on any atom is 0.301 e. The first-order valence-electron chi connectivity index (χ1n) is 8.23. The molecule has 0 radical (unpaired) electrons. The quantitative estimate of drug-likeness (QED) is 0.397. The van der Waals surface area contributed by atoms with Crippen LogP contribution in [0.15, 0.2) is 47.6 Å². The van der Waals surface area contributed by atoms with Gasteiger partial charge in [0.2, 0.25) is 0 Å². The number of hydrogen-bond donors (Lipinski definition) is 1. The fraction of sp³-hybridized carbons (Fsp3) is 0.167. The molecule has 9 nitrogen and oxygen atoms in total. The van der Waals surface area contributed by atoms with Crippen molar-refractivity contribution in [1.82, 2.24) is 4.57 Å². The molecule has 0 aliphatic carbocycles. The van der Waals surface area contributed by atoms with E-state index in [1.54, 1.807) is 6.21 Å². The second-order valence-corrected chi connectivity index (χ2v) is 5.85. The Bertz CT molecular complexity index is 1070. The number of aryl methyl sites for hydroxylation is 1. The number of aromatic nitrogens is 1. The van der Waals surface area contributed by atoms with Crippen molar-refractivity contribution in [3.05, 3.63) is 74.0 Å². The average molecular weight is 367 g/mol. The number of nitrogens with zero attached hydrogens (tertiary/aromatic N) is 4. The van der Waals surface area contributed by atoms with E-state index in [2.05, 4.69) is 22.0 Å². The minimum atomic E-state index is -0.681. The van der Waals surface area contributed by atoms with E-state index in [4.69, 9.17) is 0 Å². The SMILES string of the molecule is CCn1c(C)c(C=NNc2ccc([N+](=O)[O-])cc2[N+](=O)[O-])c2ccccc21. The average Bonchev–Trinajstić information content (AvgIpc) is 2.92. The molecule has 0 amide bonds. The highest BCUT2D eigenvalue weighted by Gasteiger charge is 2.19. The van der Waals surface area contributed by atoms with Crippen LogP contribution in [0.4, 0.5) is 17.1 Å². The van der Waals surface area contributed by atoms with E-state index < -0.39 is 15.5 Å². The molecular weight excluding hydrogens is 350 g/mol. The van der Waals surface area contributed by atoms with Gasteiger partial charge < -0.3 is 4.57 Å². The molecule has 1 N–H and O–H groups in total. The van der Waals surface area contributed by atoms with E-state index in [1.165, 1.54) is 12.1 Å². The standard InChI is InChI=1S/C18H17N5O4/c1-3-21-12(2)15(14-6-4-5-7-17(14)21)11-19-20-16-9-8-13(22(24)25)10-18(16)23(26)27/h4-11,20H,3H2,1-2H3. The lowest BCUT2D eigenvalue weighted by atomic mass is 10.1. The van der Waals surface area contributed by atoms with Crippen molar-refractivity contribution in [3.63, 3.8) is 0 Å². The number of rotatable bonds is 6. The molecule has 138 valence electrons. The van der Waals surface area contributed by atoms with Crippen molar-refractivity contribution >= 4 is 34.2 Å². The third-order valence-electron chi connectivity index (χ3n) is 4.36. The van der Waals surface area contributed by atoms with E-state index in [9.17, 15) is 20.2 Å². The second-order valence-electron chi connectivity index (χ2n) is 5.85. The van der Waals surface area contributed by atoms with Crippen molar-refractivity contribution in [2.45, 2.75) is 20.4 Å². The fourth-order valence-electron chi connectivity index (χ4n) is 3.07. The Morgan fingerprint density at radius 2 is 1.89 bits per heavy atom. The molecule has 0 unspecified atom stereocenters. The fourth-order valence-corrected chi connectivity index (χ4v) is 3.07. The van der Waals surface area contributed by atoms with Gasteiger partial charge in [-0.2, -0.15) is 5.10 Å². The molecule has 0 saturated heterocycles. The van der Waals surface area contributed by atoms with E-state index in [-0.39, 0.29) is 11.4 Å². The predicted molar refractivity (Wildman–Crippen MR) is 103 cm³/mol. The monoisotopic (exact) mass is 367 g/mol.